The Bertz CT molecular complexity index is 1010. The molecule has 0 aromatic heterocycles. The third-order valence-corrected chi connectivity index (χ3v) is 5.16. The van der Waals surface area contributed by atoms with Gasteiger partial charge >= 0.3 is 5.97 Å². The van der Waals surface area contributed by atoms with Crippen LogP contribution in [0.4, 0.5) is 0 Å². The van der Waals surface area contributed by atoms with Crippen molar-refractivity contribution in [1.29, 1.82) is 0 Å². The van der Waals surface area contributed by atoms with Gasteiger partial charge in [0.25, 0.3) is 0 Å². The quantitative estimate of drug-likeness (QED) is 0.588. The molecule has 0 spiro atoms. The van der Waals surface area contributed by atoms with E-state index in [1.54, 1.807) is 6.07 Å². The van der Waals surface area contributed by atoms with E-state index in [9.17, 15) is 14.7 Å². The Labute approximate surface area is 171 Å². The summed E-state index contributed by atoms with van der Waals surface area (Å²) in [6, 6.07) is 23.5. The summed E-state index contributed by atoms with van der Waals surface area (Å²) in [5.74, 6) is -1.69. The minimum Gasteiger partial charge on any atom is -0.481 e. The molecule has 0 bridgehead atoms. The molecule has 1 unspecified atom stereocenters. The van der Waals surface area contributed by atoms with Gasteiger partial charge in [0.15, 0.2) is 0 Å². The molecule has 3 rings (SSSR count). The molecular formula is C25H25NO3. The number of benzene rings is 3. The zero-order chi connectivity index (χ0) is 20.8. The first-order valence-electron chi connectivity index (χ1n) is 9.76. The number of aliphatic carboxylic acids is 1. The van der Waals surface area contributed by atoms with E-state index in [0.717, 1.165) is 28.7 Å². The minimum absolute atomic E-state index is 0.426. The van der Waals surface area contributed by atoms with Crippen molar-refractivity contribution in [2.75, 3.05) is 0 Å². The predicted octanol–water partition coefficient (Wildman–Crippen LogP) is 4.70. The number of carbonyl (C=O) groups is 2. The fourth-order valence-electron chi connectivity index (χ4n) is 3.54. The van der Waals surface area contributed by atoms with Crippen molar-refractivity contribution in [1.82, 2.24) is 0 Å². The highest BCUT2D eigenvalue weighted by atomic mass is 16.4. The molecule has 0 fully saturated rings. The van der Waals surface area contributed by atoms with E-state index in [4.69, 9.17) is 5.73 Å². The van der Waals surface area contributed by atoms with Crippen LogP contribution in [-0.2, 0) is 17.6 Å². The van der Waals surface area contributed by atoms with Gasteiger partial charge in [-0.25, -0.2) is 0 Å². The van der Waals surface area contributed by atoms with Gasteiger partial charge in [-0.2, -0.15) is 0 Å². The fraction of sp³-hybridized carbons (Fsp3) is 0.200. The maximum atomic E-state index is 12.0. The minimum atomic E-state index is -0.791. The van der Waals surface area contributed by atoms with E-state index in [1.165, 1.54) is 5.56 Å². The summed E-state index contributed by atoms with van der Waals surface area (Å²) < 4.78 is 0. The van der Waals surface area contributed by atoms with Gasteiger partial charge in [-0.3, -0.25) is 9.59 Å². The smallest absolute Gasteiger partial charge is 0.306 e. The van der Waals surface area contributed by atoms with E-state index in [2.05, 4.69) is 12.1 Å². The Hall–Kier alpha value is -3.40. The third-order valence-electron chi connectivity index (χ3n) is 5.16. The number of carbonyl (C=O) groups excluding carboxylic acids is 1. The van der Waals surface area contributed by atoms with Gasteiger partial charge in [0, 0.05) is 5.56 Å². The molecule has 3 aromatic rings. The molecule has 0 aliphatic carbocycles. The number of primary amides is 1. The molecule has 0 aliphatic rings. The summed E-state index contributed by atoms with van der Waals surface area (Å²) in [6.45, 7) is 1.88. The van der Waals surface area contributed by atoms with Crippen LogP contribution in [0.25, 0.3) is 11.1 Å². The van der Waals surface area contributed by atoms with Crippen LogP contribution >= 0.6 is 0 Å². The van der Waals surface area contributed by atoms with Crippen LogP contribution in [0.3, 0.4) is 0 Å². The van der Waals surface area contributed by atoms with Crippen molar-refractivity contribution in [3.05, 3.63) is 95.1 Å². The third kappa shape index (κ3) is 5.11. The van der Waals surface area contributed by atoms with Gasteiger partial charge in [-0.15, -0.1) is 0 Å². The molecule has 29 heavy (non-hydrogen) atoms. The Balaban J connectivity index is 1.97. The molecule has 0 saturated carbocycles. The monoisotopic (exact) mass is 387 g/mol. The van der Waals surface area contributed by atoms with E-state index in [1.807, 2.05) is 61.5 Å². The van der Waals surface area contributed by atoms with Crippen molar-refractivity contribution >= 4 is 11.9 Å². The molecule has 148 valence electrons. The largest absolute Gasteiger partial charge is 0.481 e. The first-order chi connectivity index (χ1) is 14.0. The van der Waals surface area contributed by atoms with Crippen LogP contribution in [0, 0.1) is 5.92 Å². The predicted molar refractivity (Wildman–Crippen MR) is 115 cm³/mol. The van der Waals surface area contributed by atoms with Gasteiger partial charge in [-0.1, -0.05) is 73.7 Å². The second-order valence-electron chi connectivity index (χ2n) is 7.25. The lowest BCUT2D eigenvalue weighted by Gasteiger charge is -2.13. The van der Waals surface area contributed by atoms with Crippen molar-refractivity contribution in [3.8, 4) is 11.1 Å². The second kappa shape index (κ2) is 9.20. The average Bonchev–Trinajstić information content (AvgIpc) is 2.72. The van der Waals surface area contributed by atoms with Crippen LogP contribution < -0.4 is 5.73 Å². The van der Waals surface area contributed by atoms with E-state index in [-0.39, 0.29) is 0 Å². The maximum Gasteiger partial charge on any atom is 0.306 e. The zero-order valence-electron chi connectivity index (χ0n) is 16.5. The molecule has 1 amide bonds. The van der Waals surface area contributed by atoms with Crippen molar-refractivity contribution in [2.24, 2.45) is 11.7 Å². The summed E-state index contributed by atoms with van der Waals surface area (Å²) in [6.07, 6.45) is 1.78. The van der Waals surface area contributed by atoms with E-state index in [0.29, 0.717) is 18.4 Å². The van der Waals surface area contributed by atoms with Crippen molar-refractivity contribution in [3.63, 3.8) is 0 Å². The van der Waals surface area contributed by atoms with Crippen molar-refractivity contribution in [2.45, 2.75) is 26.2 Å². The first kappa shape index (κ1) is 20.3. The standard InChI is InChI=1S/C25H25NO3/c1-2-20(25(28)29)14-18-9-6-10-21(15-18)23-16-19(11-12-22(23)24(26)27)13-17-7-4-3-5-8-17/h3-12,15-16,20H,2,13-14H2,1H3,(H2,26,27)(H,28,29). The van der Waals surface area contributed by atoms with Gasteiger partial charge in [0.05, 0.1) is 5.92 Å². The summed E-state index contributed by atoms with van der Waals surface area (Å²) >= 11 is 0. The first-order valence-corrected chi connectivity index (χ1v) is 9.76. The van der Waals surface area contributed by atoms with Crippen molar-refractivity contribution < 1.29 is 14.7 Å². The Morgan fingerprint density at radius 1 is 0.897 bits per heavy atom. The molecule has 0 saturated heterocycles. The topological polar surface area (TPSA) is 80.4 Å². The van der Waals surface area contributed by atoms with Crippen LogP contribution in [-0.4, -0.2) is 17.0 Å². The Morgan fingerprint density at radius 3 is 2.28 bits per heavy atom. The number of hydrogen-bond donors (Lipinski definition) is 2. The summed E-state index contributed by atoms with van der Waals surface area (Å²) in [5, 5.41) is 9.35. The number of carboxylic acids is 1. The molecular weight excluding hydrogens is 362 g/mol. The number of nitrogens with two attached hydrogens (primary N) is 1. The molecule has 3 N–H and O–H groups in total. The Morgan fingerprint density at radius 2 is 1.62 bits per heavy atom. The van der Waals surface area contributed by atoms with Crippen LogP contribution in [0.2, 0.25) is 0 Å². The fourth-order valence-corrected chi connectivity index (χ4v) is 3.54. The van der Waals surface area contributed by atoms with Gasteiger partial charge in [0.2, 0.25) is 5.91 Å². The van der Waals surface area contributed by atoms with Gasteiger partial charge in [0.1, 0.15) is 0 Å². The molecule has 4 heteroatoms. The normalized spacial score (nSPS) is 11.8. The molecule has 0 heterocycles. The number of carboxylic acid groups (broad SMARTS) is 1. The number of amides is 1. The molecule has 1 atom stereocenters. The van der Waals surface area contributed by atoms with E-state index < -0.39 is 17.8 Å². The number of hydrogen-bond acceptors (Lipinski definition) is 2. The lowest BCUT2D eigenvalue weighted by atomic mass is 9.91. The second-order valence-corrected chi connectivity index (χ2v) is 7.25. The molecule has 4 nitrogen and oxygen atoms in total. The molecule has 3 aromatic carbocycles. The van der Waals surface area contributed by atoms with Crippen LogP contribution in [0.15, 0.2) is 72.8 Å². The zero-order valence-corrected chi connectivity index (χ0v) is 16.5. The highest BCUT2D eigenvalue weighted by Crippen LogP contribution is 2.28. The van der Waals surface area contributed by atoms with Crippen LogP contribution in [0.1, 0.15) is 40.4 Å². The average molecular weight is 387 g/mol. The maximum absolute atomic E-state index is 12.0. The number of rotatable bonds is 8. The Kier molecular flexibility index (Phi) is 6.45. The highest BCUT2D eigenvalue weighted by molar-refractivity contribution is 6.00. The lowest BCUT2D eigenvalue weighted by molar-refractivity contribution is -0.141. The molecule has 0 aliphatic heterocycles. The van der Waals surface area contributed by atoms with Gasteiger partial charge in [-0.05, 0) is 53.1 Å². The van der Waals surface area contributed by atoms with Gasteiger partial charge < -0.3 is 10.8 Å². The summed E-state index contributed by atoms with van der Waals surface area (Å²) in [7, 11) is 0. The summed E-state index contributed by atoms with van der Waals surface area (Å²) in [4.78, 5) is 23.4. The summed E-state index contributed by atoms with van der Waals surface area (Å²) in [5.41, 5.74) is 10.9. The highest BCUT2D eigenvalue weighted by Gasteiger charge is 2.17. The van der Waals surface area contributed by atoms with E-state index >= 15 is 0 Å². The SMILES string of the molecule is CCC(Cc1cccc(-c2cc(Cc3ccccc3)ccc2C(N)=O)c1)C(=O)O. The van der Waals surface area contributed by atoms with Crippen LogP contribution in [0.5, 0.6) is 0 Å². The molecule has 0 radical (unpaired) electrons. The lowest BCUT2D eigenvalue weighted by Crippen LogP contribution is -2.15.